The molecule has 0 radical (unpaired) electrons. The molecule has 0 bridgehead atoms. The molecule has 10 nitrogen and oxygen atoms in total. The summed E-state index contributed by atoms with van der Waals surface area (Å²) in [5.41, 5.74) is 5.82. The van der Waals surface area contributed by atoms with Crippen LogP contribution in [0.2, 0.25) is 0 Å². The first-order valence-electron chi connectivity index (χ1n) is 18.4. The van der Waals surface area contributed by atoms with Crippen LogP contribution in [-0.2, 0) is 40.2 Å². The molecule has 0 spiro atoms. The van der Waals surface area contributed by atoms with Gasteiger partial charge in [-0.3, -0.25) is 24.2 Å². The minimum absolute atomic E-state index is 0.0781. The van der Waals surface area contributed by atoms with Crippen molar-refractivity contribution in [2.45, 2.75) is 77.0 Å². The summed E-state index contributed by atoms with van der Waals surface area (Å²) < 4.78 is 0. The number of hydrogen-bond donors (Lipinski definition) is 4. The van der Waals surface area contributed by atoms with Crippen LogP contribution in [0.15, 0.2) is 128 Å². The monoisotopic (exact) mass is 724 g/mol. The van der Waals surface area contributed by atoms with Crippen LogP contribution in [0, 0.1) is 13.8 Å². The van der Waals surface area contributed by atoms with Crippen LogP contribution < -0.4 is 21.3 Å². The van der Waals surface area contributed by atoms with Gasteiger partial charge in [0, 0.05) is 12.7 Å². The molecular formula is C44H48N6O4. The predicted molar refractivity (Wildman–Crippen MR) is 209 cm³/mol. The van der Waals surface area contributed by atoms with E-state index in [2.05, 4.69) is 31.2 Å². The van der Waals surface area contributed by atoms with Crippen molar-refractivity contribution in [1.82, 2.24) is 31.2 Å². The number of benzene rings is 4. The molecule has 3 atom stereocenters. The summed E-state index contributed by atoms with van der Waals surface area (Å²) in [6, 6.07) is 34.2. The summed E-state index contributed by atoms with van der Waals surface area (Å²) in [6.45, 7) is 4.08. The van der Waals surface area contributed by atoms with Crippen molar-refractivity contribution in [3.63, 3.8) is 0 Å². The van der Waals surface area contributed by atoms with E-state index in [9.17, 15) is 19.2 Å². The first-order chi connectivity index (χ1) is 26.2. The quantitative estimate of drug-likeness (QED) is 0.0957. The molecule has 4 N–H and O–H groups in total. The van der Waals surface area contributed by atoms with Gasteiger partial charge in [-0.25, -0.2) is 4.98 Å². The Hall–Kier alpha value is -6.16. The smallest absolute Gasteiger partial charge is 0.272 e. The third-order valence-corrected chi connectivity index (χ3v) is 9.18. The van der Waals surface area contributed by atoms with E-state index in [1.807, 2.05) is 122 Å². The fraction of sp³-hybridized carbons (Fsp3) is 0.273. The molecule has 0 saturated carbocycles. The van der Waals surface area contributed by atoms with Crippen molar-refractivity contribution < 1.29 is 19.2 Å². The molecule has 5 aromatic rings. The van der Waals surface area contributed by atoms with Crippen molar-refractivity contribution in [3.05, 3.63) is 167 Å². The number of carbonyl (C=O) groups excluding carboxylic acids is 4. The molecule has 5 rings (SSSR count). The molecule has 0 aliphatic rings. The largest absolute Gasteiger partial charge is 0.350 e. The van der Waals surface area contributed by atoms with Crippen LogP contribution in [0.3, 0.4) is 0 Å². The van der Waals surface area contributed by atoms with E-state index < -0.39 is 35.8 Å². The Morgan fingerprint density at radius 1 is 0.500 bits per heavy atom. The van der Waals surface area contributed by atoms with Crippen molar-refractivity contribution in [2.24, 2.45) is 0 Å². The van der Waals surface area contributed by atoms with Crippen LogP contribution >= 0.6 is 0 Å². The second-order valence-electron chi connectivity index (χ2n) is 13.5. The normalized spacial score (nSPS) is 12.5. The first-order valence-corrected chi connectivity index (χ1v) is 18.4. The van der Waals surface area contributed by atoms with E-state index in [-0.39, 0.29) is 24.4 Å². The fourth-order valence-electron chi connectivity index (χ4n) is 5.98. The van der Waals surface area contributed by atoms with Gasteiger partial charge in [0.15, 0.2) is 0 Å². The maximum Gasteiger partial charge on any atom is 0.272 e. The predicted octanol–water partition coefficient (Wildman–Crippen LogP) is 5.38. The fourth-order valence-corrected chi connectivity index (χ4v) is 5.98. The van der Waals surface area contributed by atoms with Crippen LogP contribution in [0.25, 0.3) is 0 Å². The third-order valence-electron chi connectivity index (χ3n) is 9.18. The van der Waals surface area contributed by atoms with Gasteiger partial charge < -0.3 is 21.3 Å². The molecule has 278 valence electrons. The standard InChI is InChI=1S/C44H48N6O4/c1-31-18-20-36(21-19-31)29-47-41(51)37(25-22-33-12-6-3-7-13-33)48-42(52)38(26-23-34-14-8-4-9-15-34)49-43(53)39(27-24-35-16-10-5-11-17-35)50-44(54)40-30-45-32(2)28-46-40/h3-21,28,30,37-39H,22-27,29H2,1-2H3,(H,47,51)(H,48,52)(H,49,53)(H,50,54)/t37-,38-,39-/m0/s1. The van der Waals surface area contributed by atoms with Crippen molar-refractivity contribution in [1.29, 1.82) is 0 Å². The molecule has 54 heavy (non-hydrogen) atoms. The average molecular weight is 725 g/mol. The van der Waals surface area contributed by atoms with Gasteiger partial charge >= 0.3 is 0 Å². The number of nitrogens with one attached hydrogen (secondary N) is 4. The highest BCUT2D eigenvalue weighted by Gasteiger charge is 2.30. The van der Waals surface area contributed by atoms with Crippen LogP contribution in [0.1, 0.15) is 63.3 Å². The molecule has 0 fully saturated rings. The summed E-state index contributed by atoms with van der Waals surface area (Å²) in [6.07, 6.45) is 5.30. The Labute approximate surface area is 317 Å². The average Bonchev–Trinajstić information content (AvgIpc) is 3.20. The van der Waals surface area contributed by atoms with Gasteiger partial charge in [-0.15, -0.1) is 0 Å². The molecule has 10 heteroatoms. The Balaban J connectivity index is 1.35. The van der Waals surface area contributed by atoms with E-state index in [1.54, 1.807) is 6.92 Å². The number of aryl methyl sites for hydroxylation is 5. The lowest BCUT2D eigenvalue weighted by Gasteiger charge is -2.26. The molecule has 0 aliphatic carbocycles. The van der Waals surface area contributed by atoms with E-state index in [0.717, 1.165) is 27.8 Å². The van der Waals surface area contributed by atoms with Crippen molar-refractivity contribution >= 4 is 23.6 Å². The van der Waals surface area contributed by atoms with Gasteiger partial charge in [0.05, 0.1) is 11.9 Å². The molecule has 1 aromatic heterocycles. The van der Waals surface area contributed by atoms with Crippen LogP contribution in [-0.4, -0.2) is 51.7 Å². The van der Waals surface area contributed by atoms with E-state index in [1.165, 1.54) is 12.4 Å². The zero-order valence-corrected chi connectivity index (χ0v) is 30.8. The zero-order chi connectivity index (χ0) is 38.1. The van der Waals surface area contributed by atoms with E-state index in [0.29, 0.717) is 37.9 Å². The minimum Gasteiger partial charge on any atom is -0.350 e. The minimum atomic E-state index is -1.00. The summed E-state index contributed by atoms with van der Waals surface area (Å²) in [7, 11) is 0. The van der Waals surface area contributed by atoms with Crippen LogP contribution in [0.5, 0.6) is 0 Å². The van der Waals surface area contributed by atoms with E-state index >= 15 is 0 Å². The van der Waals surface area contributed by atoms with Crippen LogP contribution in [0.4, 0.5) is 0 Å². The molecule has 0 aliphatic heterocycles. The lowest BCUT2D eigenvalue weighted by molar-refractivity contribution is -0.132. The Kier molecular flexibility index (Phi) is 14.6. The van der Waals surface area contributed by atoms with Gasteiger partial charge in [-0.2, -0.15) is 0 Å². The SMILES string of the molecule is Cc1ccc(CNC(=O)[C@H](CCc2ccccc2)NC(=O)[C@H](CCc2ccccc2)NC(=O)[C@H](CCc2ccccc2)NC(=O)c2cnc(C)cn2)cc1. The summed E-state index contributed by atoms with van der Waals surface area (Å²) in [5.74, 6) is -1.87. The second-order valence-corrected chi connectivity index (χ2v) is 13.5. The number of rotatable bonds is 18. The topological polar surface area (TPSA) is 142 Å². The number of nitrogens with zero attached hydrogens (tertiary/aromatic N) is 2. The maximum absolute atomic E-state index is 14.2. The first kappa shape index (κ1) is 39.1. The van der Waals surface area contributed by atoms with Crippen molar-refractivity contribution in [2.75, 3.05) is 0 Å². The molecule has 4 aromatic carbocycles. The number of carbonyl (C=O) groups is 4. The zero-order valence-electron chi connectivity index (χ0n) is 30.8. The molecule has 0 saturated heterocycles. The van der Waals surface area contributed by atoms with Gasteiger partial charge in [-0.05, 0) is 74.6 Å². The summed E-state index contributed by atoms with van der Waals surface area (Å²) in [4.78, 5) is 63.6. The number of aromatic nitrogens is 2. The highest BCUT2D eigenvalue weighted by Crippen LogP contribution is 2.12. The Morgan fingerprint density at radius 3 is 1.39 bits per heavy atom. The Morgan fingerprint density at radius 2 is 0.944 bits per heavy atom. The summed E-state index contributed by atoms with van der Waals surface area (Å²) in [5, 5.41) is 11.7. The molecule has 4 amide bonds. The highest BCUT2D eigenvalue weighted by atomic mass is 16.2. The van der Waals surface area contributed by atoms with Gasteiger partial charge in [-0.1, -0.05) is 121 Å². The van der Waals surface area contributed by atoms with Crippen molar-refractivity contribution in [3.8, 4) is 0 Å². The van der Waals surface area contributed by atoms with E-state index in [4.69, 9.17) is 0 Å². The second kappa shape index (κ2) is 20.2. The molecule has 1 heterocycles. The van der Waals surface area contributed by atoms with Gasteiger partial charge in [0.2, 0.25) is 17.7 Å². The Bertz CT molecular complexity index is 1940. The summed E-state index contributed by atoms with van der Waals surface area (Å²) >= 11 is 0. The lowest BCUT2D eigenvalue weighted by atomic mass is 10.0. The van der Waals surface area contributed by atoms with Gasteiger partial charge in [0.25, 0.3) is 5.91 Å². The number of amides is 4. The molecule has 0 unspecified atom stereocenters. The number of hydrogen-bond acceptors (Lipinski definition) is 6. The highest BCUT2D eigenvalue weighted by molar-refractivity contribution is 5.97. The third kappa shape index (κ3) is 12.5. The molecular weight excluding hydrogens is 677 g/mol. The van der Waals surface area contributed by atoms with Gasteiger partial charge in [0.1, 0.15) is 23.8 Å². The maximum atomic E-state index is 14.2. The lowest BCUT2D eigenvalue weighted by Crippen LogP contribution is -2.57.